The van der Waals surface area contributed by atoms with Gasteiger partial charge in [-0.2, -0.15) is 19.9 Å². The number of carboxylic acids is 4. The van der Waals surface area contributed by atoms with E-state index in [2.05, 4.69) is 61.1 Å². The smallest absolute Gasteiger partial charge is 0.326 e. The van der Waals surface area contributed by atoms with Crippen LogP contribution in [0.15, 0.2) is 60.9 Å². The lowest BCUT2D eigenvalue weighted by Gasteiger charge is -2.14. The van der Waals surface area contributed by atoms with Gasteiger partial charge in [0.1, 0.15) is 12.1 Å². The van der Waals surface area contributed by atoms with Gasteiger partial charge in [-0.05, 0) is 61.4 Å². The summed E-state index contributed by atoms with van der Waals surface area (Å²) in [5.74, 6) is -5.86. The highest BCUT2D eigenvalue weighted by atomic mass is 16.4. The second kappa shape index (κ2) is 20.9. The average Bonchev–Trinajstić information content (AvgIpc) is 3.25. The molecule has 0 aliphatic carbocycles. The first-order valence-corrected chi connectivity index (χ1v) is 18.7. The summed E-state index contributed by atoms with van der Waals surface area (Å²) in [7, 11) is 0. The molecular formula is C38H40N16O10. The van der Waals surface area contributed by atoms with E-state index in [1.165, 1.54) is 36.7 Å². The Balaban J connectivity index is 0.000000241. The Kier molecular flexibility index (Phi) is 15.0. The molecule has 6 rings (SSSR count). The zero-order valence-corrected chi connectivity index (χ0v) is 33.3. The highest BCUT2D eigenvalue weighted by molar-refractivity contribution is 5.97. The molecule has 0 spiro atoms. The standard InChI is InChI=1S/2C19H20N8O5/c2*20-15-14-16(27-19(21)26-15)23-8-11(24-14)7-22-10-3-1-9(2-4-10)17(30)25-12(18(31)32)5-6-13(28)29/h2*1-4,8,12,22H,5-7H2,(H,25,30)(H,28,29)(H,31,32)(H4,20,21,23,26,27)/t12-;/m0./s1. The number of rotatable bonds is 18. The highest BCUT2D eigenvalue weighted by Gasteiger charge is 2.23. The number of hydrogen-bond donors (Lipinski definition) is 12. The number of fused-ring (bicyclic) bond motifs is 2. The third-order valence-corrected chi connectivity index (χ3v) is 8.74. The Morgan fingerprint density at radius 1 is 0.516 bits per heavy atom. The second-order valence-corrected chi connectivity index (χ2v) is 13.5. The van der Waals surface area contributed by atoms with Crippen LogP contribution in [0.3, 0.4) is 0 Å². The summed E-state index contributed by atoms with van der Waals surface area (Å²) in [5, 5.41) is 46.6. The normalized spacial score (nSPS) is 11.6. The van der Waals surface area contributed by atoms with Crippen LogP contribution in [-0.2, 0) is 32.3 Å². The van der Waals surface area contributed by atoms with E-state index in [1.807, 2.05) is 0 Å². The molecule has 0 aliphatic heterocycles. The van der Waals surface area contributed by atoms with Gasteiger partial charge in [0.15, 0.2) is 34.0 Å². The number of carbonyl (C=O) groups excluding carboxylic acids is 2. The number of nitrogen functional groups attached to an aromatic ring is 4. The molecule has 4 heterocycles. The van der Waals surface area contributed by atoms with Gasteiger partial charge in [-0.1, -0.05) is 0 Å². The van der Waals surface area contributed by atoms with E-state index in [9.17, 15) is 28.8 Å². The van der Waals surface area contributed by atoms with Crippen LogP contribution in [0.5, 0.6) is 0 Å². The number of nitrogens with one attached hydrogen (secondary N) is 4. The first kappa shape index (κ1) is 46.0. The maximum absolute atomic E-state index is 12.3. The molecular weight excluding hydrogens is 841 g/mol. The van der Waals surface area contributed by atoms with Crippen molar-refractivity contribution < 1.29 is 49.2 Å². The van der Waals surface area contributed by atoms with E-state index in [-0.39, 0.29) is 71.6 Å². The molecule has 0 fully saturated rings. The maximum Gasteiger partial charge on any atom is 0.326 e. The zero-order valence-electron chi connectivity index (χ0n) is 33.3. The summed E-state index contributed by atoms with van der Waals surface area (Å²) in [4.78, 5) is 101. The first-order valence-electron chi connectivity index (χ1n) is 18.7. The molecule has 0 aliphatic rings. The molecule has 332 valence electrons. The van der Waals surface area contributed by atoms with E-state index < -0.39 is 47.8 Å². The molecule has 0 saturated heterocycles. The summed E-state index contributed by atoms with van der Waals surface area (Å²) < 4.78 is 0. The van der Waals surface area contributed by atoms with Gasteiger partial charge in [0, 0.05) is 35.3 Å². The summed E-state index contributed by atoms with van der Waals surface area (Å²) in [6.45, 7) is 0.600. The van der Waals surface area contributed by atoms with Crippen molar-refractivity contribution >= 4 is 92.9 Å². The number of nitrogens with two attached hydrogens (primary N) is 4. The molecule has 16 N–H and O–H groups in total. The van der Waals surface area contributed by atoms with Crippen LogP contribution in [0.1, 0.15) is 57.8 Å². The van der Waals surface area contributed by atoms with Crippen molar-refractivity contribution in [3.05, 3.63) is 83.4 Å². The number of benzene rings is 2. The van der Waals surface area contributed by atoms with E-state index in [0.717, 1.165) is 0 Å². The first-order chi connectivity index (χ1) is 30.4. The quantitative estimate of drug-likeness (QED) is 0.0559. The van der Waals surface area contributed by atoms with Crippen LogP contribution in [0.25, 0.3) is 22.3 Å². The molecule has 4 aromatic heterocycles. The number of nitrogens with zero attached hydrogens (tertiary/aromatic N) is 8. The molecule has 0 saturated carbocycles. The fraction of sp³-hybridized carbons (Fsp3) is 0.211. The Hall–Kier alpha value is -9.10. The van der Waals surface area contributed by atoms with Gasteiger partial charge in [0.25, 0.3) is 11.8 Å². The molecule has 64 heavy (non-hydrogen) atoms. The van der Waals surface area contributed by atoms with Crippen LogP contribution in [0, 0.1) is 0 Å². The molecule has 2 amide bonds. The van der Waals surface area contributed by atoms with Crippen molar-refractivity contribution in [1.82, 2.24) is 50.5 Å². The maximum atomic E-state index is 12.3. The summed E-state index contributed by atoms with van der Waals surface area (Å²) in [6.07, 6.45) is 1.86. The third kappa shape index (κ3) is 12.9. The Labute approximate surface area is 360 Å². The molecule has 0 radical (unpaired) electrons. The van der Waals surface area contributed by atoms with Gasteiger partial charge < -0.3 is 64.6 Å². The van der Waals surface area contributed by atoms with Gasteiger partial charge in [-0.3, -0.25) is 19.2 Å². The highest BCUT2D eigenvalue weighted by Crippen LogP contribution is 2.18. The van der Waals surface area contributed by atoms with Crippen molar-refractivity contribution in [3.63, 3.8) is 0 Å². The molecule has 2 aromatic carbocycles. The van der Waals surface area contributed by atoms with Crippen LogP contribution < -0.4 is 44.2 Å². The van der Waals surface area contributed by atoms with Crippen molar-refractivity contribution in [1.29, 1.82) is 0 Å². The molecule has 6 aromatic rings. The number of anilines is 6. The average molecular weight is 881 g/mol. The number of hydrogen-bond acceptors (Lipinski definition) is 20. The Morgan fingerprint density at radius 3 is 1.20 bits per heavy atom. The van der Waals surface area contributed by atoms with Crippen LogP contribution in [0.4, 0.5) is 34.9 Å². The fourth-order valence-electron chi connectivity index (χ4n) is 5.53. The minimum absolute atomic E-state index is 0.0101. The van der Waals surface area contributed by atoms with Gasteiger partial charge in [-0.25, -0.2) is 29.5 Å². The molecule has 1 unspecified atom stereocenters. The van der Waals surface area contributed by atoms with Gasteiger partial charge >= 0.3 is 23.9 Å². The lowest BCUT2D eigenvalue weighted by atomic mass is 10.1. The second-order valence-electron chi connectivity index (χ2n) is 13.5. The number of aliphatic carboxylic acids is 4. The van der Waals surface area contributed by atoms with Crippen molar-refractivity contribution in [3.8, 4) is 0 Å². The number of carbonyl (C=O) groups is 6. The molecule has 26 nitrogen and oxygen atoms in total. The van der Waals surface area contributed by atoms with Gasteiger partial charge in [0.2, 0.25) is 11.9 Å². The lowest BCUT2D eigenvalue weighted by molar-refractivity contribution is -0.142. The van der Waals surface area contributed by atoms with Gasteiger partial charge in [-0.15, -0.1) is 0 Å². The largest absolute Gasteiger partial charge is 0.481 e. The topological polar surface area (TPSA) is 439 Å². The van der Waals surface area contributed by atoms with Crippen LogP contribution in [-0.4, -0.2) is 108 Å². The minimum Gasteiger partial charge on any atom is -0.481 e. The number of carboxylic acid groups (broad SMARTS) is 4. The Morgan fingerprint density at radius 2 is 0.875 bits per heavy atom. The molecule has 26 heteroatoms. The summed E-state index contributed by atoms with van der Waals surface area (Å²) >= 11 is 0. The van der Waals surface area contributed by atoms with Crippen LogP contribution in [0.2, 0.25) is 0 Å². The molecule has 0 bridgehead atoms. The zero-order chi connectivity index (χ0) is 46.5. The predicted octanol–water partition coefficient (Wildman–Crippen LogP) is 0.488. The van der Waals surface area contributed by atoms with Crippen LogP contribution >= 0.6 is 0 Å². The van der Waals surface area contributed by atoms with Crippen molar-refractivity contribution in [2.24, 2.45) is 0 Å². The summed E-state index contributed by atoms with van der Waals surface area (Å²) in [6, 6.07) is 9.97. The Bertz CT molecular complexity index is 2520. The van der Waals surface area contributed by atoms with E-state index in [1.54, 1.807) is 24.3 Å². The number of amides is 2. The monoisotopic (exact) mass is 880 g/mol. The molecule has 2 atom stereocenters. The van der Waals surface area contributed by atoms with Gasteiger partial charge in [0.05, 0.1) is 36.9 Å². The minimum atomic E-state index is -1.30. The summed E-state index contributed by atoms with van der Waals surface area (Å²) in [5.41, 5.74) is 26.9. The fourth-order valence-corrected chi connectivity index (χ4v) is 5.53. The SMILES string of the molecule is Nc1nc(N)c2nc(CNc3ccc(C(=O)NC(CCC(=O)O)C(=O)O)cc3)cnc2n1.Nc1nc(N)c2nc(CNc3ccc(C(=O)N[C@@H](CCC(=O)O)C(=O)O)cc3)cnc2n1. The third-order valence-electron chi connectivity index (χ3n) is 8.74. The van der Waals surface area contributed by atoms with E-state index >= 15 is 0 Å². The van der Waals surface area contributed by atoms with E-state index in [4.69, 9.17) is 43.4 Å². The van der Waals surface area contributed by atoms with Crippen molar-refractivity contribution in [2.45, 2.75) is 50.9 Å². The lowest BCUT2D eigenvalue weighted by Crippen LogP contribution is -2.41. The van der Waals surface area contributed by atoms with E-state index in [0.29, 0.717) is 46.9 Å². The predicted molar refractivity (Wildman–Crippen MR) is 227 cm³/mol. The van der Waals surface area contributed by atoms with Crippen molar-refractivity contribution in [2.75, 3.05) is 33.6 Å². The number of aromatic nitrogens is 8.